The van der Waals surface area contributed by atoms with Crippen molar-refractivity contribution in [2.24, 2.45) is 0 Å². The second-order valence-electron chi connectivity index (χ2n) is 6.62. The minimum absolute atomic E-state index is 0.268. The van der Waals surface area contributed by atoms with Gasteiger partial charge in [0.1, 0.15) is 11.6 Å². The average Bonchev–Trinajstić information content (AvgIpc) is 3.29. The van der Waals surface area contributed by atoms with Gasteiger partial charge in [-0.2, -0.15) is 0 Å². The number of oxazole rings is 1. The molecule has 1 N–H and O–H groups in total. The molecule has 0 aliphatic carbocycles. The van der Waals surface area contributed by atoms with Crippen LogP contribution in [-0.2, 0) is 6.54 Å². The largest absolute Gasteiger partial charge is 0.497 e. The van der Waals surface area contributed by atoms with E-state index in [-0.39, 0.29) is 18.3 Å². The smallest absolute Gasteiger partial charge is 0.252 e. The van der Waals surface area contributed by atoms with Gasteiger partial charge in [0.2, 0.25) is 5.89 Å². The standard InChI is InChI=1S/C24H19FN2O3/c1-29-19-6-4-5-17(13-19)22-15-27-24(30-22)21-8-3-2-7-20(21)23(28)26-14-16-9-11-18(25)12-10-16/h2-13,15H,14H2,1H3,(H,26,28). The zero-order valence-corrected chi connectivity index (χ0v) is 16.3. The van der Waals surface area contributed by atoms with E-state index in [0.29, 0.717) is 28.5 Å². The molecule has 6 heteroatoms. The SMILES string of the molecule is COc1cccc(-c2cnc(-c3ccccc3C(=O)NCc3ccc(F)cc3)o2)c1. The highest BCUT2D eigenvalue weighted by molar-refractivity contribution is 6.00. The molecule has 0 atom stereocenters. The average molecular weight is 402 g/mol. The zero-order chi connectivity index (χ0) is 20.9. The Morgan fingerprint density at radius 2 is 1.87 bits per heavy atom. The number of rotatable bonds is 6. The number of benzene rings is 3. The van der Waals surface area contributed by atoms with Gasteiger partial charge in [-0.1, -0.05) is 36.4 Å². The van der Waals surface area contributed by atoms with Gasteiger partial charge in [0.15, 0.2) is 5.76 Å². The molecule has 0 spiro atoms. The van der Waals surface area contributed by atoms with Gasteiger partial charge >= 0.3 is 0 Å². The first-order valence-electron chi connectivity index (χ1n) is 9.36. The maximum absolute atomic E-state index is 13.0. The van der Waals surface area contributed by atoms with Crippen LogP contribution in [0, 0.1) is 5.82 Å². The van der Waals surface area contributed by atoms with Crippen LogP contribution in [0.5, 0.6) is 5.75 Å². The Labute approximate surface area is 173 Å². The quantitative estimate of drug-likeness (QED) is 0.488. The van der Waals surface area contributed by atoms with Gasteiger partial charge in [0.25, 0.3) is 5.91 Å². The van der Waals surface area contributed by atoms with Crippen molar-refractivity contribution in [2.45, 2.75) is 6.54 Å². The second kappa shape index (κ2) is 8.61. The Bertz CT molecular complexity index is 1170. The molecule has 0 saturated carbocycles. The molecule has 0 unspecified atom stereocenters. The molecule has 0 aliphatic rings. The molecule has 1 aromatic heterocycles. The van der Waals surface area contributed by atoms with Crippen molar-refractivity contribution in [1.82, 2.24) is 10.3 Å². The predicted molar refractivity (Wildman–Crippen MR) is 111 cm³/mol. The Morgan fingerprint density at radius 1 is 1.07 bits per heavy atom. The zero-order valence-electron chi connectivity index (χ0n) is 16.3. The fourth-order valence-corrected chi connectivity index (χ4v) is 3.06. The molecular weight excluding hydrogens is 383 g/mol. The van der Waals surface area contributed by atoms with Crippen molar-refractivity contribution in [3.63, 3.8) is 0 Å². The predicted octanol–water partition coefficient (Wildman–Crippen LogP) is 5.09. The second-order valence-corrected chi connectivity index (χ2v) is 6.62. The first-order valence-corrected chi connectivity index (χ1v) is 9.36. The molecule has 0 fully saturated rings. The maximum atomic E-state index is 13.0. The lowest BCUT2D eigenvalue weighted by atomic mass is 10.1. The van der Waals surface area contributed by atoms with Crippen LogP contribution < -0.4 is 10.1 Å². The molecule has 0 saturated heterocycles. The highest BCUT2D eigenvalue weighted by Gasteiger charge is 2.17. The van der Waals surface area contributed by atoms with Crippen molar-refractivity contribution in [3.05, 3.63) is 95.9 Å². The summed E-state index contributed by atoms with van der Waals surface area (Å²) >= 11 is 0. The topological polar surface area (TPSA) is 64.4 Å². The Kier molecular flexibility index (Phi) is 5.57. The summed E-state index contributed by atoms with van der Waals surface area (Å²) in [6, 6.07) is 20.6. The molecule has 30 heavy (non-hydrogen) atoms. The molecule has 4 rings (SSSR count). The van der Waals surface area contributed by atoms with Gasteiger partial charge in [-0.25, -0.2) is 9.37 Å². The molecule has 5 nitrogen and oxygen atoms in total. The number of ether oxygens (including phenoxy) is 1. The van der Waals surface area contributed by atoms with Crippen LogP contribution in [-0.4, -0.2) is 18.0 Å². The van der Waals surface area contributed by atoms with Gasteiger partial charge in [-0.05, 0) is 42.0 Å². The van der Waals surface area contributed by atoms with E-state index in [1.807, 2.05) is 30.3 Å². The van der Waals surface area contributed by atoms with Crippen molar-refractivity contribution in [2.75, 3.05) is 7.11 Å². The summed E-state index contributed by atoms with van der Waals surface area (Å²) in [7, 11) is 1.60. The van der Waals surface area contributed by atoms with Crippen molar-refractivity contribution in [1.29, 1.82) is 0 Å². The molecule has 4 aromatic rings. The van der Waals surface area contributed by atoms with E-state index in [9.17, 15) is 9.18 Å². The molecular formula is C24H19FN2O3. The number of hydrogen-bond donors (Lipinski definition) is 1. The maximum Gasteiger partial charge on any atom is 0.252 e. The molecule has 1 heterocycles. The van der Waals surface area contributed by atoms with Gasteiger partial charge in [-0.3, -0.25) is 4.79 Å². The minimum Gasteiger partial charge on any atom is -0.497 e. The monoisotopic (exact) mass is 402 g/mol. The first-order chi connectivity index (χ1) is 14.6. The summed E-state index contributed by atoms with van der Waals surface area (Å²) in [6.45, 7) is 0.286. The number of nitrogens with one attached hydrogen (secondary N) is 1. The van der Waals surface area contributed by atoms with Crippen molar-refractivity contribution in [3.8, 4) is 28.5 Å². The summed E-state index contributed by atoms with van der Waals surface area (Å²) in [5.41, 5.74) is 2.66. The number of carbonyl (C=O) groups is 1. The van der Waals surface area contributed by atoms with Crippen LogP contribution in [0.3, 0.4) is 0 Å². The van der Waals surface area contributed by atoms with E-state index < -0.39 is 0 Å². The van der Waals surface area contributed by atoms with Crippen LogP contribution in [0.4, 0.5) is 4.39 Å². The molecule has 150 valence electrons. The Hall–Kier alpha value is -3.93. The molecule has 3 aromatic carbocycles. The van der Waals surface area contributed by atoms with Crippen LogP contribution in [0.1, 0.15) is 15.9 Å². The lowest BCUT2D eigenvalue weighted by molar-refractivity contribution is 0.0951. The van der Waals surface area contributed by atoms with Crippen LogP contribution in [0.25, 0.3) is 22.8 Å². The van der Waals surface area contributed by atoms with E-state index in [4.69, 9.17) is 9.15 Å². The lowest BCUT2D eigenvalue weighted by Crippen LogP contribution is -2.23. The summed E-state index contributed by atoms with van der Waals surface area (Å²) in [4.78, 5) is 17.1. The summed E-state index contributed by atoms with van der Waals surface area (Å²) in [5, 5.41) is 2.85. The van der Waals surface area contributed by atoms with Gasteiger partial charge in [-0.15, -0.1) is 0 Å². The van der Waals surface area contributed by atoms with E-state index in [1.54, 1.807) is 43.6 Å². The highest BCUT2D eigenvalue weighted by atomic mass is 19.1. The Balaban J connectivity index is 1.56. The Morgan fingerprint density at radius 3 is 2.67 bits per heavy atom. The van der Waals surface area contributed by atoms with Crippen LogP contribution >= 0.6 is 0 Å². The van der Waals surface area contributed by atoms with Crippen molar-refractivity contribution < 1.29 is 18.3 Å². The minimum atomic E-state index is -0.314. The molecule has 0 radical (unpaired) electrons. The highest BCUT2D eigenvalue weighted by Crippen LogP contribution is 2.29. The normalized spacial score (nSPS) is 10.6. The van der Waals surface area contributed by atoms with Crippen molar-refractivity contribution >= 4 is 5.91 Å². The van der Waals surface area contributed by atoms with Gasteiger partial charge in [0, 0.05) is 17.7 Å². The molecule has 0 bridgehead atoms. The van der Waals surface area contributed by atoms with E-state index in [1.165, 1.54) is 12.1 Å². The van der Waals surface area contributed by atoms with E-state index in [2.05, 4.69) is 10.3 Å². The van der Waals surface area contributed by atoms with Gasteiger partial charge in [0.05, 0.1) is 18.9 Å². The number of carbonyl (C=O) groups excluding carboxylic acids is 1. The number of methoxy groups -OCH3 is 1. The number of amides is 1. The third kappa shape index (κ3) is 4.22. The fraction of sp³-hybridized carbons (Fsp3) is 0.0833. The number of hydrogen-bond acceptors (Lipinski definition) is 4. The number of halogens is 1. The lowest BCUT2D eigenvalue weighted by Gasteiger charge is -2.08. The fourth-order valence-electron chi connectivity index (χ4n) is 3.06. The number of nitrogens with zero attached hydrogens (tertiary/aromatic N) is 1. The summed E-state index contributed by atoms with van der Waals surface area (Å²) < 4.78 is 24.2. The molecule has 1 amide bonds. The van der Waals surface area contributed by atoms with Crippen LogP contribution in [0.2, 0.25) is 0 Å². The first kappa shape index (κ1) is 19.4. The third-order valence-electron chi connectivity index (χ3n) is 4.63. The summed E-state index contributed by atoms with van der Waals surface area (Å²) in [6.07, 6.45) is 1.62. The van der Waals surface area contributed by atoms with Gasteiger partial charge < -0.3 is 14.5 Å². The third-order valence-corrected chi connectivity index (χ3v) is 4.63. The van der Waals surface area contributed by atoms with E-state index >= 15 is 0 Å². The van der Waals surface area contributed by atoms with Crippen LogP contribution in [0.15, 0.2) is 83.4 Å². The number of aromatic nitrogens is 1. The summed E-state index contributed by atoms with van der Waals surface area (Å²) in [5.74, 6) is 1.05. The van der Waals surface area contributed by atoms with E-state index in [0.717, 1.165) is 11.1 Å². The molecule has 0 aliphatic heterocycles.